The van der Waals surface area contributed by atoms with Gasteiger partial charge in [0.25, 0.3) is 5.56 Å². The van der Waals surface area contributed by atoms with Gasteiger partial charge in [0, 0.05) is 6.20 Å². The van der Waals surface area contributed by atoms with Gasteiger partial charge in [0.2, 0.25) is 0 Å². The van der Waals surface area contributed by atoms with Crippen LogP contribution in [0.25, 0.3) is 5.52 Å². The zero-order valence-electron chi connectivity index (χ0n) is 11.7. The standard InChI is InChI=1S/C14H14N2O5/c1-3-21-14(19)12-10-6-4-5-7-16(10)13(18)9(15-12)8-11(17)20-2/h4-7H,3,8H2,1-2H3. The number of hydrogen-bond donors (Lipinski definition) is 0. The minimum atomic E-state index is -0.646. The summed E-state index contributed by atoms with van der Waals surface area (Å²) in [5.74, 6) is -1.25. The second-order valence-corrected chi connectivity index (χ2v) is 4.14. The summed E-state index contributed by atoms with van der Waals surface area (Å²) in [7, 11) is 1.22. The van der Waals surface area contributed by atoms with E-state index in [-0.39, 0.29) is 24.4 Å². The molecule has 0 radical (unpaired) electrons. The summed E-state index contributed by atoms with van der Waals surface area (Å²) in [6, 6.07) is 4.91. The fourth-order valence-corrected chi connectivity index (χ4v) is 1.87. The van der Waals surface area contributed by atoms with E-state index < -0.39 is 17.5 Å². The van der Waals surface area contributed by atoms with Crippen molar-refractivity contribution in [2.24, 2.45) is 0 Å². The lowest BCUT2D eigenvalue weighted by Crippen LogP contribution is -2.26. The quantitative estimate of drug-likeness (QED) is 0.766. The Labute approximate surface area is 120 Å². The lowest BCUT2D eigenvalue weighted by Gasteiger charge is -2.08. The molecular formula is C14H14N2O5. The summed E-state index contributed by atoms with van der Waals surface area (Å²) >= 11 is 0. The molecule has 0 saturated heterocycles. The second-order valence-electron chi connectivity index (χ2n) is 4.14. The molecule has 0 aliphatic carbocycles. The molecule has 2 aromatic heterocycles. The smallest absolute Gasteiger partial charge is 0.359 e. The molecule has 110 valence electrons. The van der Waals surface area contributed by atoms with Crippen molar-refractivity contribution in [3.63, 3.8) is 0 Å². The Balaban J connectivity index is 2.66. The number of aromatic nitrogens is 2. The fraction of sp³-hybridized carbons (Fsp3) is 0.286. The first-order valence-corrected chi connectivity index (χ1v) is 6.32. The Hall–Kier alpha value is -2.70. The summed E-state index contributed by atoms with van der Waals surface area (Å²) in [5.41, 5.74) is -0.205. The molecule has 7 heteroatoms. The fourth-order valence-electron chi connectivity index (χ4n) is 1.87. The molecule has 21 heavy (non-hydrogen) atoms. The molecule has 0 aliphatic rings. The maximum Gasteiger partial charge on any atom is 0.359 e. The molecular weight excluding hydrogens is 276 g/mol. The van der Waals surface area contributed by atoms with Gasteiger partial charge >= 0.3 is 11.9 Å². The largest absolute Gasteiger partial charge is 0.469 e. The van der Waals surface area contributed by atoms with Crippen LogP contribution in [0, 0.1) is 0 Å². The first-order valence-electron chi connectivity index (χ1n) is 6.32. The highest BCUT2D eigenvalue weighted by Gasteiger charge is 2.19. The van der Waals surface area contributed by atoms with Crippen molar-refractivity contribution in [1.29, 1.82) is 0 Å². The number of nitrogens with zero attached hydrogens (tertiary/aromatic N) is 2. The topological polar surface area (TPSA) is 87.0 Å². The van der Waals surface area contributed by atoms with Crippen molar-refractivity contribution in [1.82, 2.24) is 9.38 Å². The first kappa shape index (κ1) is 14.7. The lowest BCUT2D eigenvalue weighted by molar-refractivity contribution is -0.139. The van der Waals surface area contributed by atoms with Gasteiger partial charge in [0.05, 0.1) is 25.7 Å². The van der Waals surface area contributed by atoms with Crippen LogP contribution >= 0.6 is 0 Å². The van der Waals surface area contributed by atoms with Crippen LogP contribution < -0.4 is 5.56 Å². The second kappa shape index (κ2) is 6.17. The van der Waals surface area contributed by atoms with E-state index in [1.54, 1.807) is 25.1 Å². The Morgan fingerprint density at radius 1 is 1.33 bits per heavy atom. The summed E-state index contributed by atoms with van der Waals surface area (Å²) in [4.78, 5) is 39.6. The van der Waals surface area contributed by atoms with Crippen LogP contribution in [-0.2, 0) is 20.7 Å². The molecule has 2 heterocycles. The Morgan fingerprint density at radius 3 is 2.76 bits per heavy atom. The normalized spacial score (nSPS) is 10.4. The van der Waals surface area contributed by atoms with Gasteiger partial charge in [-0.2, -0.15) is 0 Å². The van der Waals surface area contributed by atoms with Crippen molar-refractivity contribution in [3.05, 3.63) is 46.1 Å². The van der Waals surface area contributed by atoms with E-state index in [0.717, 1.165) is 0 Å². The number of fused-ring (bicyclic) bond motifs is 1. The zero-order chi connectivity index (χ0) is 15.4. The van der Waals surface area contributed by atoms with E-state index in [1.165, 1.54) is 17.7 Å². The highest BCUT2D eigenvalue weighted by molar-refractivity contribution is 5.94. The van der Waals surface area contributed by atoms with Crippen LogP contribution in [0.4, 0.5) is 0 Å². The van der Waals surface area contributed by atoms with Gasteiger partial charge in [-0.15, -0.1) is 0 Å². The van der Waals surface area contributed by atoms with E-state index in [4.69, 9.17) is 4.74 Å². The van der Waals surface area contributed by atoms with Gasteiger partial charge in [-0.05, 0) is 19.1 Å². The average Bonchev–Trinajstić information content (AvgIpc) is 2.50. The van der Waals surface area contributed by atoms with Gasteiger partial charge < -0.3 is 9.47 Å². The van der Waals surface area contributed by atoms with Gasteiger partial charge in [-0.25, -0.2) is 9.78 Å². The molecule has 0 fully saturated rings. The van der Waals surface area contributed by atoms with Crippen molar-refractivity contribution in [2.75, 3.05) is 13.7 Å². The van der Waals surface area contributed by atoms with Crippen LogP contribution in [0.15, 0.2) is 29.2 Å². The SMILES string of the molecule is CCOC(=O)c1nc(CC(=O)OC)c(=O)n2ccccc12. The molecule has 0 atom stereocenters. The van der Waals surface area contributed by atoms with Crippen LogP contribution in [0.2, 0.25) is 0 Å². The minimum Gasteiger partial charge on any atom is -0.469 e. The monoisotopic (exact) mass is 290 g/mol. The Bertz CT molecular complexity index is 751. The number of carbonyl (C=O) groups excluding carboxylic acids is 2. The number of carbonyl (C=O) groups is 2. The molecule has 0 unspecified atom stereocenters. The molecule has 0 N–H and O–H groups in total. The number of ether oxygens (including phenoxy) is 2. The molecule has 0 amide bonds. The van der Waals surface area contributed by atoms with Crippen LogP contribution in [0.5, 0.6) is 0 Å². The summed E-state index contributed by atoms with van der Waals surface area (Å²) in [6.07, 6.45) is 1.20. The highest BCUT2D eigenvalue weighted by atomic mass is 16.5. The minimum absolute atomic E-state index is 0.00375. The first-order chi connectivity index (χ1) is 10.1. The van der Waals surface area contributed by atoms with Crippen molar-refractivity contribution in [2.45, 2.75) is 13.3 Å². The van der Waals surface area contributed by atoms with Crippen LogP contribution in [-0.4, -0.2) is 35.0 Å². The number of rotatable bonds is 4. The summed E-state index contributed by atoms with van der Waals surface area (Å²) in [5, 5.41) is 0. The van der Waals surface area contributed by atoms with Gasteiger partial charge in [0.1, 0.15) is 5.69 Å². The van der Waals surface area contributed by atoms with E-state index >= 15 is 0 Å². The molecule has 0 aromatic carbocycles. The molecule has 0 aliphatic heterocycles. The summed E-state index contributed by atoms with van der Waals surface area (Å²) < 4.78 is 10.7. The highest BCUT2D eigenvalue weighted by Crippen LogP contribution is 2.09. The lowest BCUT2D eigenvalue weighted by atomic mass is 10.2. The predicted molar refractivity (Wildman–Crippen MR) is 73.1 cm³/mol. The number of pyridine rings is 1. The molecule has 0 spiro atoms. The zero-order valence-corrected chi connectivity index (χ0v) is 11.7. The van der Waals surface area contributed by atoms with Gasteiger partial charge in [-0.1, -0.05) is 6.07 Å². The van der Waals surface area contributed by atoms with Crippen molar-refractivity contribution >= 4 is 17.5 Å². The number of methoxy groups -OCH3 is 1. The molecule has 0 saturated carbocycles. The maximum atomic E-state index is 12.3. The molecule has 0 bridgehead atoms. The van der Waals surface area contributed by atoms with Gasteiger partial charge in [-0.3, -0.25) is 14.0 Å². The maximum absolute atomic E-state index is 12.3. The molecule has 2 rings (SSSR count). The molecule has 7 nitrogen and oxygen atoms in total. The van der Waals surface area contributed by atoms with Crippen LogP contribution in [0.1, 0.15) is 23.1 Å². The Kier molecular flexibility index (Phi) is 4.32. The van der Waals surface area contributed by atoms with E-state index in [0.29, 0.717) is 5.52 Å². The number of esters is 2. The number of hydrogen-bond acceptors (Lipinski definition) is 6. The molecule has 2 aromatic rings. The van der Waals surface area contributed by atoms with Crippen molar-refractivity contribution < 1.29 is 19.1 Å². The third kappa shape index (κ3) is 2.91. The van der Waals surface area contributed by atoms with Crippen LogP contribution in [0.3, 0.4) is 0 Å². The average molecular weight is 290 g/mol. The predicted octanol–water partition coefficient (Wildman–Crippen LogP) is 0.587. The van der Waals surface area contributed by atoms with Crippen molar-refractivity contribution in [3.8, 4) is 0 Å². The third-order valence-electron chi connectivity index (χ3n) is 2.82. The van der Waals surface area contributed by atoms with E-state index in [2.05, 4.69) is 9.72 Å². The van der Waals surface area contributed by atoms with E-state index in [9.17, 15) is 14.4 Å². The summed E-state index contributed by atoms with van der Waals surface area (Å²) in [6.45, 7) is 1.86. The van der Waals surface area contributed by atoms with Gasteiger partial charge in [0.15, 0.2) is 5.69 Å². The van der Waals surface area contributed by atoms with E-state index in [1.807, 2.05) is 0 Å². The third-order valence-corrected chi connectivity index (χ3v) is 2.82. The Morgan fingerprint density at radius 2 is 2.10 bits per heavy atom.